The first-order chi connectivity index (χ1) is 9.47. The molecule has 0 radical (unpaired) electrons. The van der Waals surface area contributed by atoms with Crippen LogP contribution in [0.2, 0.25) is 0 Å². The number of nitro groups is 1. The number of nitrogens with zero attached hydrogens (tertiary/aromatic N) is 1. The first kappa shape index (κ1) is 15.8. The molecule has 0 spiro atoms. The zero-order valence-corrected chi connectivity index (χ0v) is 10.9. The monoisotopic (exact) mass is 286 g/mol. The van der Waals surface area contributed by atoms with Crippen molar-refractivity contribution in [2.75, 3.05) is 25.1 Å². The van der Waals surface area contributed by atoms with E-state index in [2.05, 4.69) is 5.32 Å². The third-order valence-electron chi connectivity index (χ3n) is 2.50. The number of benzene rings is 1. The fourth-order valence-electron chi connectivity index (χ4n) is 1.56. The Kier molecular flexibility index (Phi) is 5.85. The largest absolute Gasteiger partial charge is 0.477 e. The molecular formula is C12H15FN2O5. The highest BCUT2D eigenvalue weighted by Gasteiger charge is 2.23. The number of rotatable bonds is 8. The Hall–Kier alpha value is -2.22. The van der Waals surface area contributed by atoms with Crippen LogP contribution in [0.1, 0.15) is 23.7 Å². The van der Waals surface area contributed by atoms with E-state index < -0.39 is 28.0 Å². The van der Waals surface area contributed by atoms with E-state index in [9.17, 15) is 19.3 Å². The standard InChI is InChI=1S/C12H15FN2O5/c1-2-20-5-3-4-14-10-6-8(12(16)17)11(15(18)19)7-9(10)13/h6-7,14H,2-5H2,1H3,(H,16,17). The van der Waals surface area contributed by atoms with Crippen LogP contribution in [0, 0.1) is 15.9 Å². The van der Waals surface area contributed by atoms with Crippen molar-refractivity contribution in [3.8, 4) is 0 Å². The van der Waals surface area contributed by atoms with Crippen molar-refractivity contribution in [2.24, 2.45) is 0 Å². The van der Waals surface area contributed by atoms with Gasteiger partial charge in [-0.25, -0.2) is 9.18 Å². The number of carbonyl (C=O) groups is 1. The van der Waals surface area contributed by atoms with E-state index in [0.717, 1.165) is 6.07 Å². The number of aromatic carboxylic acids is 1. The number of nitro benzene ring substituents is 1. The summed E-state index contributed by atoms with van der Waals surface area (Å²) < 4.78 is 18.7. The van der Waals surface area contributed by atoms with Crippen molar-refractivity contribution >= 4 is 17.3 Å². The van der Waals surface area contributed by atoms with E-state index in [1.807, 2.05) is 6.92 Å². The molecule has 0 amide bonds. The Balaban J connectivity index is 2.84. The van der Waals surface area contributed by atoms with E-state index in [4.69, 9.17) is 9.84 Å². The summed E-state index contributed by atoms with van der Waals surface area (Å²) >= 11 is 0. The molecule has 0 aliphatic rings. The highest BCUT2D eigenvalue weighted by molar-refractivity contribution is 5.93. The lowest BCUT2D eigenvalue weighted by molar-refractivity contribution is -0.385. The first-order valence-electron chi connectivity index (χ1n) is 6.00. The maximum Gasteiger partial charge on any atom is 0.342 e. The molecule has 0 heterocycles. The quantitative estimate of drug-likeness (QED) is 0.432. The number of hydrogen-bond acceptors (Lipinski definition) is 5. The second-order valence-corrected chi connectivity index (χ2v) is 3.89. The summed E-state index contributed by atoms with van der Waals surface area (Å²) in [5.74, 6) is -2.34. The van der Waals surface area contributed by atoms with Gasteiger partial charge in [-0.15, -0.1) is 0 Å². The summed E-state index contributed by atoms with van der Waals surface area (Å²) in [6, 6.07) is 1.53. The van der Waals surface area contributed by atoms with Gasteiger partial charge in [0.1, 0.15) is 5.56 Å². The number of halogens is 1. The number of ether oxygens (including phenoxy) is 1. The third kappa shape index (κ3) is 4.16. The van der Waals surface area contributed by atoms with E-state index in [-0.39, 0.29) is 5.69 Å². The Bertz CT molecular complexity index is 507. The molecule has 1 rings (SSSR count). The Labute approximate surface area is 114 Å². The van der Waals surface area contributed by atoms with E-state index >= 15 is 0 Å². The number of nitrogens with one attached hydrogen (secondary N) is 1. The van der Waals surface area contributed by atoms with Crippen LogP contribution in [-0.2, 0) is 4.74 Å². The number of carboxylic acid groups (broad SMARTS) is 1. The average Bonchev–Trinajstić information content (AvgIpc) is 2.39. The third-order valence-corrected chi connectivity index (χ3v) is 2.50. The van der Waals surface area contributed by atoms with Gasteiger partial charge in [0.15, 0.2) is 5.82 Å². The second kappa shape index (κ2) is 7.39. The smallest absolute Gasteiger partial charge is 0.342 e. The van der Waals surface area contributed by atoms with Gasteiger partial charge < -0.3 is 15.2 Å². The maximum atomic E-state index is 13.6. The zero-order valence-electron chi connectivity index (χ0n) is 10.9. The van der Waals surface area contributed by atoms with Gasteiger partial charge in [0.2, 0.25) is 0 Å². The predicted octanol–water partition coefficient (Wildman–Crippen LogP) is 2.27. The zero-order chi connectivity index (χ0) is 15.1. The molecule has 110 valence electrons. The minimum Gasteiger partial charge on any atom is -0.477 e. The van der Waals surface area contributed by atoms with E-state index in [0.29, 0.717) is 32.2 Å². The molecule has 0 unspecified atom stereocenters. The molecule has 20 heavy (non-hydrogen) atoms. The van der Waals surface area contributed by atoms with Crippen LogP contribution in [-0.4, -0.2) is 35.8 Å². The molecule has 0 aliphatic carbocycles. The molecule has 8 heteroatoms. The Morgan fingerprint density at radius 1 is 1.55 bits per heavy atom. The van der Waals surface area contributed by atoms with Crippen LogP contribution < -0.4 is 5.32 Å². The minimum atomic E-state index is -1.48. The van der Waals surface area contributed by atoms with Gasteiger partial charge in [-0.05, 0) is 19.4 Å². The molecule has 0 saturated heterocycles. The lowest BCUT2D eigenvalue weighted by atomic mass is 10.1. The molecule has 7 nitrogen and oxygen atoms in total. The summed E-state index contributed by atoms with van der Waals surface area (Å²) in [7, 11) is 0. The Morgan fingerprint density at radius 2 is 2.25 bits per heavy atom. The Morgan fingerprint density at radius 3 is 2.80 bits per heavy atom. The normalized spacial score (nSPS) is 10.3. The summed E-state index contributed by atoms with van der Waals surface area (Å²) in [6.45, 7) is 3.29. The maximum absolute atomic E-state index is 13.6. The van der Waals surface area contributed by atoms with Gasteiger partial charge in [-0.2, -0.15) is 0 Å². The van der Waals surface area contributed by atoms with Gasteiger partial charge in [0, 0.05) is 19.8 Å². The second-order valence-electron chi connectivity index (χ2n) is 3.89. The molecule has 1 aromatic rings. The molecule has 0 bridgehead atoms. The fraction of sp³-hybridized carbons (Fsp3) is 0.417. The van der Waals surface area contributed by atoms with Crippen molar-refractivity contribution in [2.45, 2.75) is 13.3 Å². The van der Waals surface area contributed by atoms with Crippen molar-refractivity contribution in [3.63, 3.8) is 0 Å². The average molecular weight is 286 g/mol. The van der Waals surface area contributed by atoms with Crippen LogP contribution in [0.15, 0.2) is 12.1 Å². The molecule has 0 fully saturated rings. The molecule has 0 saturated carbocycles. The molecule has 0 aliphatic heterocycles. The predicted molar refractivity (Wildman–Crippen MR) is 69.6 cm³/mol. The van der Waals surface area contributed by atoms with Gasteiger partial charge in [0.05, 0.1) is 16.7 Å². The summed E-state index contributed by atoms with van der Waals surface area (Å²) in [5, 5.41) is 22.2. The van der Waals surface area contributed by atoms with Crippen LogP contribution in [0.5, 0.6) is 0 Å². The summed E-state index contributed by atoms with van der Waals surface area (Å²) in [5.41, 5.74) is -1.40. The highest BCUT2D eigenvalue weighted by Crippen LogP contribution is 2.26. The highest BCUT2D eigenvalue weighted by atomic mass is 19.1. The van der Waals surface area contributed by atoms with Crippen molar-refractivity contribution < 1.29 is 24.0 Å². The number of anilines is 1. The van der Waals surface area contributed by atoms with Gasteiger partial charge >= 0.3 is 5.97 Å². The number of hydrogen-bond donors (Lipinski definition) is 2. The lowest BCUT2D eigenvalue weighted by Gasteiger charge is -2.09. The molecular weight excluding hydrogens is 271 g/mol. The van der Waals surface area contributed by atoms with Crippen LogP contribution in [0.25, 0.3) is 0 Å². The SMILES string of the molecule is CCOCCCNc1cc(C(=O)O)c([N+](=O)[O-])cc1F. The van der Waals surface area contributed by atoms with Gasteiger partial charge in [-0.1, -0.05) is 0 Å². The molecule has 0 aromatic heterocycles. The summed E-state index contributed by atoms with van der Waals surface area (Å²) in [4.78, 5) is 20.7. The van der Waals surface area contributed by atoms with Gasteiger partial charge in [0.25, 0.3) is 5.69 Å². The minimum absolute atomic E-state index is 0.0792. The van der Waals surface area contributed by atoms with E-state index in [1.54, 1.807) is 0 Å². The van der Waals surface area contributed by atoms with Crippen LogP contribution in [0.3, 0.4) is 0 Å². The first-order valence-corrected chi connectivity index (χ1v) is 6.00. The van der Waals surface area contributed by atoms with Crippen molar-refractivity contribution in [1.82, 2.24) is 0 Å². The van der Waals surface area contributed by atoms with Crippen molar-refractivity contribution in [3.05, 3.63) is 33.6 Å². The summed E-state index contributed by atoms with van der Waals surface area (Å²) in [6.07, 6.45) is 0.604. The fourth-order valence-corrected chi connectivity index (χ4v) is 1.56. The molecule has 0 atom stereocenters. The number of carboxylic acids is 1. The van der Waals surface area contributed by atoms with Gasteiger partial charge in [-0.3, -0.25) is 10.1 Å². The van der Waals surface area contributed by atoms with Crippen LogP contribution in [0.4, 0.5) is 15.8 Å². The molecule has 1 aromatic carbocycles. The topological polar surface area (TPSA) is 102 Å². The van der Waals surface area contributed by atoms with E-state index in [1.165, 1.54) is 0 Å². The van der Waals surface area contributed by atoms with Crippen molar-refractivity contribution in [1.29, 1.82) is 0 Å². The van der Waals surface area contributed by atoms with Crippen LogP contribution >= 0.6 is 0 Å². The molecule has 2 N–H and O–H groups in total. The lowest BCUT2D eigenvalue weighted by Crippen LogP contribution is -2.10.